The summed E-state index contributed by atoms with van der Waals surface area (Å²) in [6, 6.07) is 0. The lowest BCUT2D eigenvalue weighted by molar-refractivity contribution is 0.112. The fourth-order valence-electron chi connectivity index (χ4n) is 0.946. The number of rotatable bonds is 4. The predicted octanol–water partition coefficient (Wildman–Crippen LogP) is 3.67. The molecule has 78 valence electrons. The van der Waals surface area contributed by atoms with E-state index in [-0.39, 0.29) is 0 Å². The molecule has 0 aliphatic carbocycles. The van der Waals surface area contributed by atoms with Crippen LogP contribution in [0.1, 0.15) is 21.6 Å². The molecule has 1 rings (SSSR count). The number of hydrogen-bond donors (Lipinski definition) is 0. The van der Waals surface area contributed by atoms with Gasteiger partial charge in [-0.2, -0.15) is 0 Å². The van der Waals surface area contributed by atoms with E-state index in [1.807, 2.05) is 19.1 Å². The minimum absolute atomic E-state index is 0.460. The van der Waals surface area contributed by atoms with Crippen LogP contribution >= 0.6 is 22.9 Å². The van der Waals surface area contributed by atoms with Crippen LogP contribution in [-0.4, -0.2) is 11.3 Å². The molecule has 4 heteroatoms. The number of carbonyl (C=O) groups excluding carboxylic acids is 1. The number of aldehydes is 1. The lowest BCUT2D eigenvalue weighted by Crippen LogP contribution is -1.76. The van der Waals surface area contributed by atoms with Gasteiger partial charge in [0.2, 0.25) is 0 Å². The Labute approximate surface area is 97.6 Å². The van der Waals surface area contributed by atoms with E-state index >= 15 is 0 Å². The molecule has 0 radical (unpaired) electrons. The monoisotopic (exact) mass is 239 g/mol. The van der Waals surface area contributed by atoms with Crippen LogP contribution in [0.3, 0.4) is 0 Å². The summed E-state index contributed by atoms with van der Waals surface area (Å²) in [5.41, 5.74) is 0.926. The molecule has 0 aliphatic heterocycles. The van der Waals surface area contributed by atoms with Gasteiger partial charge >= 0.3 is 0 Å². The van der Waals surface area contributed by atoms with Crippen molar-refractivity contribution >= 4 is 34.8 Å². The van der Waals surface area contributed by atoms with Crippen molar-refractivity contribution in [1.82, 2.24) is 4.98 Å². The summed E-state index contributed by atoms with van der Waals surface area (Å²) in [5.74, 6) is 0. The second-order valence-electron chi connectivity index (χ2n) is 2.71. The Kier molecular flexibility index (Phi) is 4.46. The third-order valence-corrected chi connectivity index (χ3v) is 2.74. The Balaban J connectivity index is 2.93. The highest BCUT2D eigenvalue weighted by atomic mass is 35.5. The standard InChI is InChI=1S/C11H10ClNOS/c1-3-9(5-4-8(2)12)11-13-6-10(7-14)15-11/h3-7H,2H2,1H3. The number of carbonyl (C=O) groups is 1. The second-order valence-corrected chi connectivity index (χ2v) is 4.26. The molecule has 0 aromatic carbocycles. The molecule has 15 heavy (non-hydrogen) atoms. The van der Waals surface area contributed by atoms with Crippen molar-refractivity contribution in [3.8, 4) is 0 Å². The molecule has 0 aliphatic rings. The molecule has 0 atom stereocenters. The Bertz CT molecular complexity index is 432. The third-order valence-electron chi connectivity index (χ3n) is 1.64. The molecular formula is C11H10ClNOS. The molecule has 0 unspecified atom stereocenters. The van der Waals surface area contributed by atoms with Crippen LogP contribution in [0.5, 0.6) is 0 Å². The lowest BCUT2D eigenvalue weighted by atomic mass is 10.2. The van der Waals surface area contributed by atoms with Gasteiger partial charge in [0.05, 0.1) is 4.88 Å². The quantitative estimate of drug-likeness (QED) is 0.593. The van der Waals surface area contributed by atoms with E-state index in [2.05, 4.69) is 11.6 Å². The van der Waals surface area contributed by atoms with Crippen LogP contribution in [0.4, 0.5) is 0 Å². The van der Waals surface area contributed by atoms with Crippen LogP contribution < -0.4 is 0 Å². The molecule has 0 N–H and O–H groups in total. The highest BCUT2D eigenvalue weighted by molar-refractivity contribution is 7.14. The van der Waals surface area contributed by atoms with Gasteiger partial charge < -0.3 is 0 Å². The SMILES string of the molecule is C=C(Cl)C=CC(=CC)c1ncc(C=O)s1. The van der Waals surface area contributed by atoms with Crippen molar-refractivity contribution in [2.45, 2.75) is 6.92 Å². The van der Waals surface area contributed by atoms with Gasteiger partial charge in [0.1, 0.15) is 5.01 Å². The maximum absolute atomic E-state index is 10.5. The second kappa shape index (κ2) is 5.63. The van der Waals surface area contributed by atoms with E-state index in [1.54, 1.807) is 12.3 Å². The van der Waals surface area contributed by atoms with E-state index in [1.165, 1.54) is 11.3 Å². The van der Waals surface area contributed by atoms with Crippen molar-refractivity contribution in [3.63, 3.8) is 0 Å². The molecule has 1 heterocycles. The maximum atomic E-state index is 10.5. The van der Waals surface area contributed by atoms with E-state index in [0.717, 1.165) is 16.9 Å². The van der Waals surface area contributed by atoms with E-state index in [9.17, 15) is 4.79 Å². The smallest absolute Gasteiger partial charge is 0.161 e. The highest BCUT2D eigenvalue weighted by Gasteiger charge is 2.03. The lowest BCUT2D eigenvalue weighted by Gasteiger charge is -1.94. The van der Waals surface area contributed by atoms with Gasteiger partial charge in [-0.05, 0) is 13.0 Å². The summed E-state index contributed by atoms with van der Waals surface area (Å²) < 4.78 is 0. The predicted molar refractivity (Wildman–Crippen MR) is 65.3 cm³/mol. The van der Waals surface area contributed by atoms with Gasteiger partial charge in [0.25, 0.3) is 0 Å². The van der Waals surface area contributed by atoms with Crippen molar-refractivity contribution in [3.05, 3.63) is 45.9 Å². The van der Waals surface area contributed by atoms with Crippen LogP contribution in [0.25, 0.3) is 5.57 Å². The average Bonchev–Trinajstić information content (AvgIpc) is 2.67. The number of nitrogens with zero attached hydrogens (tertiary/aromatic N) is 1. The van der Waals surface area contributed by atoms with Gasteiger partial charge in [-0.3, -0.25) is 4.79 Å². The van der Waals surface area contributed by atoms with Crippen LogP contribution in [-0.2, 0) is 0 Å². The first-order chi connectivity index (χ1) is 7.17. The average molecular weight is 240 g/mol. The molecule has 0 saturated heterocycles. The number of aromatic nitrogens is 1. The summed E-state index contributed by atoms with van der Waals surface area (Å²) in [4.78, 5) is 15.2. The number of halogens is 1. The zero-order valence-electron chi connectivity index (χ0n) is 8.24. The minimum Gasteiger partial charge on any atom is -0.297 e. The first kappa shape index (κ1) is 11.9. The summed E-state index contributed by atoms with van der Waals surface area (Å²) in [6.45, 7) is 5.46. The third kappa shape index (κ3) is 3.46. The maximum Gasteiger partial charge on any atom is 0.161 e. The summed E-state index contributed by atoms with van der Waals surface area (Å²) in [7, 11) is 0. The molecule has 0 fully saturated rings. The summed E-state index contributed by atoms with van der Waals surface area (Å²) >= 11 is 6.96. The molecule has 0 saturated carbocycles. The largest absolute Gasteiger partial charge is 0.297 e. The van der Waals surface area contributed by atoms with Gasteiger partial charge in [0, 0.05) is 16.8 Å². The molecule has 0 amide bonds. The zero-order chi connectivity index (χ0) is 11.3. The van der Waals surface area contributed by atoms with Crippen molar-refractivity contribution in [1.29, 1.82) is 0 Å². The zero-order valence-corrected chi connectivity index (χ0v) is 9.81. The fraction of sp³-hybridized carbons (Fsp3) is 0.0909. The first-order valence-electron chi connectivity index (χ1n) is 4.27. The van der Waals surface area contributed by atoms with Crippen LogP contribution in [0.2, 0.25) is 0 Å². The van der Waals surface area contributed by atoms with E-state index in [4.69, 9.17) is 11.6 Å². The minimum atomic E-state index is 0.460. The van der Waals surface area contributed by atoms with Crippen molar-refractivity contribution < 1.29 is 4.79 Å². The van der Waals surface area contributed by atoms with Crippen molar-refractivity contribution in [2.75, 3.05) is 0 Å². The van der Waals surface area contributed by atoms with Crippen molar-refractivity contribution in [2.24, 2.45) is 0 Å². The molecule has 0 spiro atoms. The van der Waals surface area contributed by atoms with Gasteiger partial charge in [0.15, 0.2) is 6.29 Å². The Morgan fingerprint density at radius 3 is 2.80 bits per heavy atom. The first-order valence-corrected chi connectivity index (χ1v) is 5.47. The molecule has 2 nitrogen and oxygen atoms in total. The number of allylic oxidation sites excluding steroid dienone is 5. The number of thiazole rings is 1. The normalized spacial score (nSPS) is 12.0. The molecule has 1 aromatic heterocycles. The van der Waals surface area contributed by atoms with E-state index < -0.39 is 0 Å². The molecular weight excluding hydrogens is 230 g/mol. The number of hydrogen-bond acceptors (Lipinski definition) is 3. The van der Waals surface area contributed by atoms with Gasteiger partial charge in [-0.1, -0.05) is 30.3 Å². The molecule has 0 bridgehead atoms. The van der Waals surface area contributed by atoms with E-state index in [0.29, 0.717) is 9.91 Å². The Morgan fingerprint density at radius 2 is 2.33 bits per heavy atom. The Hall–Kier alpha value is -1.19. The van der Waals surface area contributed by atoms with Gasteiger partial charge in [-0.15, -0.1) is 11.3 Å². The van der Waals surface area contributed by atoms with Crippen LogP contribution in [0, 0.1) is 0 Å². The summed E-state index contributed by atoms with van der Waals surface area (Å²) in [6.07, 6.45) is 7.77. The summed E-state index contributed by atoms with van der Waals surface area (Å²) in [5, 5.41) is 1.26. The van der Waals surface area contributed by atoms with Crippen LogP contribution in [0.15, 0.2) is 36.0 Å². The Morgan fingerprint density at radius 1 is 1.60 bits per heavy atom. The fourth-order valence-corrected chi connectivity index (χ4v) is 1.79. The van der Waals surface area contributed by atoms with Gasteiger partial charge in [-0.25, -0.2) is 4.98 Å². The topological polar surface area (TPSA) is 30.0 Å². The highest BCUT2D eigenvalue weighted by Crippen LogP contribution is 2.21. The molecule has 1 aromatic rings.